The third kappa shape index (κ3) is 4.61. The molecule has 0 aromatic rings. The largest absolute Gasteiger partial charge is 0.354 e. The highest BCUT2D eigenvalue weighted by Gasteiger charge is 2.34. The lowest BCUT2D eigenvalue weighted by molar-refractivity contribution is 0.321. The lowest BCUT2D eigenvalue weighted by Crippen LogP contribution is -2.44. The summed E-state index contributed by atoms with van der Waals surface area (Å²) in [5.41, 5.74) is 0.371. The molecule has 6 heteroatoms. The van der Waals surface area contributed by atoms with Crippen molar-refractivity contribution in [2.75, 3.05) is 31.1 Å². The Morgan fingerprint density at radius 1 is 1.45 bits per heavy atom. The maximum atomic E-state index is 11.6. The Labute approximate surface area is 135 Å². The van der Waals surface area contributed by atoms with Crippen molar-refractivity contribution in [3.63, 3.8) is 0 Å². The molecule has 0 bridgehead atoms. The number of sulfone groups is 1. The van der Waals surface area contributed by atoms with Gasteiger partial charge in [0.1, 0.15) is 0 Å². The summed E-state index contributed by atoms with van der Waals surface area (Å²) in [5.74, 6) is 1.78. The standard InChI is InChI=1S/C16H31N3O2S/c1-5-16(4)7-8-19(12-16)15(18-13(2)3)17-10-14-6-9-22(20,21)11-14/h13-14H,5-12H2,1-4H3,(H,17,18). The van der Waals surface area contributed by atoms with Gasteiger partial charge in [0.05, 0.1) is 11.5 Å². The topological polar surface area (TPSA) is 61.8 Å². The molecule has 0 aromatic heterocycles. The minimum absolute atomic E-state index is 0.189. The normalized spacial score (nSPS) is 32.0. The molecule has 1 N–H and O–H groups in total. The highest BCUT2D eigenvalue weighted by Crippen LogP contribution is 2.33. The average molecular weight is 330 g/mol. The van der Waals surface area contributed by atoms with Crippen LogP contribution >= 0.6 is 0 Å². The fourth-order valence-corrected chi connectivity index (χ4v) is 5.07. The number of nitrogens with zero attached hydrogens (tertiary/aromatic N) is 2. The first-order chi connectivity index (χ1) is 10.2. The second-order valence-corrected chi connectivity index (χ2v) is 9.80. The first-order valence-electron chi connectivity index (χ1n) is 8.49. The zero-order chi connectivity index (χ0) is 16.4. The maximum absolute atomic E-state index is 11.6. The van der Waals surface area contributed by atoms with Crippen molar-refractivity contribution in [1.82, 2.24) is 10.2 Å². The van der Waals surface area contributed by atoms with Crippen molar-refractivity contribution in [3.8, 4) is 0 Å². The van der Waals surface area contributed by atoms with Gasteiger partial charge in [0.25, 0.3) is 0 Å². The van der Waals surface area contributed by atoms with Crippen LogP contribution in [0, 0.1) is 11.3 Å². The number of likely N-dealkylation sites (tertiary alicyclic amines) is 1. The summed E-state index contributed by atoms with van der Waals surface area (Å²) in [5, 5.41) is 3.45. The quantitative estimate of drug-likeness (QED) is 0.632. The molecule has 5 nitrogen and oxygen atoms in total. The molecule has 0 aromatic carbocycles. The van der Waals surface area contributed by atoms with Crippen molar-refractivity contribution in [2.24, 2.45) is 16.3 Å². The highest BCUT2D eigenvalue weighted by atomic mass is 32.2. The Hall–Kier alpha value is -0.780. The van der Waals surface area contributed by atoms with E-state index in [1.54, 1.807) is 0 Å². The van der Waals surface area contributed by atoms with Crippen molar-refractivity contribution in [1.29, 1.82) is 0 Å². The average Bonchev–Trinajstić information content (AvgIpc) is 2.98. The van der Waals surface area contributed by atoms with Crippen LogP contribution in [0.3, 0.4) is 0 Å². The molecular weight excluding hydrogens is 298 g/mol. The maximum Gasteiger partial charge on any atom is 0.194 e. The van der Waals surface area contributed by atoms with Gasteiger partial charge < -0.3 is 10.2 Å². The van der Waals surface area contributed by atoms with Gasteiger partial charge in [0, 0.05) is 25.7 Å². The molecule has 2 unspecified atom stereocenters. The predicted octanol–water partition coefficient (Wildman–Crippen LogP) is 1.90. The van der Waals surface area contributed by atoms with Gasteiger partial charge >= 0.3 is 0 Å². The van der Waals surface area contributed by atoms with Crippen molar-refractivity contribution in [3.05, 3.63) is 0 Å². The van der Waals surface area contributed by atoms with E-state index in [4.69, 9.17) is 4.99 Å². The van der Waals surface area contributed by atoms with Crippen molar-refractivity contribution < 1.29 is 8.42 Å². The van der Waals surface area contributed by atoms with E-state index in [1.807, 2.05) is 0 Å². The Morgan fingerprint density at radius 2 is 2.18 bits per heavy atom. The van der Waals surface area contributed by atoms with Crippen LogP contribution in [-0.4, -0.2) is 56.5 Å². The second kappa shape index (κ2) is 6.77. The van der Waals surface area contributed by atoms with Crippen LogP contribution in [-0.2, 0) is 9.84 Å². The zero-order valence-electron chi connectivity index (χ0n) is 14.4. The predicted molar refractivity (Wildman–Crippen MR) is 91.9 cm³/mol. The van der Waals surface area contributed by atoms with E-state index in [-0.39, 0.29) is 5.92 Å². The summed E-state index contributed by atoms with van der Waals surface area (Å²) in [6.45, 7) is 11.5. The van der Waals surface area contributed by atoms with E-state index < -0.39 is 9.84 Å². The minimum Gasteiger partial charge on any atom is -0.354 e. The molecule has 2 heterocycles. The number of guanidine groups is 1. The SMILES string of the molecule is CCC1(C)CCN(C(=NCC2CCS(=O)(=O)C2)NC(C)C)C1. The lowest BCUT2D eigenvalue weighted by atomic mass is 9.87. The lowest BCUT2D eigenvalue weighted by Gasteiger charge is -2.27. The molecule has 0 radical (unpaired) electrons. The molecule has 0 saturated carbocycles. The molecule has 2 saturated heterocycles. The molecule has 22 heavy (non-hydrogen) atoms. The summed E-state index contributed by atoms with van der Waals surface area (Å²) < 4.78 is 23.1. The van der Waals surface area contributed by atoms with Crippen LogP contribution in [0.2, 0.25) is 0 Å². The van der Waals surface area contributed by atoms with E-state index in [2.05, 4.69) is 37.9 Å². The summed E-state index contributed by atoms with van der Waals surface area (Å²) in [7, 11) is -2.81. The van der Waals surface area contributed by atoms with Gasteiger partial charge in [-0.25, -0.2) is 8.42 Å². The number of hydrogen-bond acceptors (Lipinski definition) is 3. The summed E-state index contributed by atoms with van der Waals surface area (Å²) in [6.07, 6.45) is 3.13. The Balaban J connectivity index is 2.02. The van der Waals surface area contributed by atoms with Crippen LogP contribution in [0.25, 0.3) is 0 Å². The van der Waals surface area contributed by atoms with E-state index >= 15 is 0 Å². The third-order valence-corrected chi connectivity index (χ3v) is 6.79. The summed E-state index contributed by atoms with van der Waals surface area (Å²) >= 11 is 0. The monoisotopic (exact) mass is 329 g/mol. The molecule has 2 rings (SSSR count). The van der Waals surface area contributed by atoms with Gasteiger partial charge in [-0.3, -0.25) is 4.99 Å². The fraction of sp³-hybridized carbons (Fsp3) is 0.938. The fourth-order valence-electron chi connectivity index (χ4n) is 3.22. The van der Waals surface area contributed by atoms with Gasteiger partial charge in [-0.05, 0) is 44.4 Å². The van der Waals surface area contributed by atoms with Crippen LogP contribution in [0.15, 0.2) is 4.99 Å². The van der Waals surface area contributed by atoms with Crippen LogP contribution in [0.5, 0.6) is 0 Å². The second-order valence-electron chi connectivity index (χ2n) is 7.57. The summed E-state index contributed by atoms with van der Waals surface area (Å²) in [6, 6.07) is 0.333. The van der Waals surface area contributed by atoms with E-state index in [0.717, 1.165) is 25.5 Å². The third-order valence-electron chi connectivity index (χ3n) is 4.95. The Kier molecular flexibility index (Phi) is 5.41. The van der Waals surface area contributed by atoms with Gasteiger partial charge in [0.2, 0.25) is 0 Å². The van der Waals surface area contributed by atoms with Gasteiger partial charge in [0.15, 0.2) is 15.8 Å². The molecule has 0 spiro atoms. The Bertz CT molecular complexity index is 515. The van der Waals surface area contributed by atoms with Crippen LogP contribution in [0.4, 0.5) is 0 Å². The molecule has 2 fully saturated rings. The van der Waals surface area contributed by atoms with E-state index in [1.165, 1.54) is 12.8 Å². The highest BCUT2D eigenvalue weighted by molar-refractivity contribution is 7.91. The first-order valence-corrected chi connectivity index (χ1v) is 10.3. The molecule has 0 aliphatic carbocycles. The number of rotatable bonds is 4. The van der Waals surface area contributed by atoms with Gasteiger partial charge in [-0.1, -0.05) is 13.8 Å². The molecular formula is C16H31N3O2S. The smallest absolute Gasteiger partial charge is 0.194 e. The van der Waals surface area contributed by atoms with Crippen molar-refractivity contribution >= 4 is 15.8 Å². The number of hydrogen-bond donors (Lipinski definition) is 1. The number of nitrogens with one attached hydrogen (secondary N) is 1. The van der Waals surface area contributed by atoms with E-state index in [0.29, 0.717) is 29.5 Å². The molecule has 2 aliphatic heterocycles. The van der Waals surface area contributed by atoms with Crippen LogP contribution < -0.4 is 5.32 Å². The Morgan fingerprint density at radius 3 is 2.68 bits per heavy atom. The molecule has 0 amide bonds. The summed E-state index contributed by atoms with van der Waals surface area (Å²) in [4.78, 5) is 7.10. The number of aliphatic imine (C=N–C) groups is 1. The van der Waals surface area contributed by atoms with Crippen LogP contribution in [0.1, 0.15) is 47.0 Å². The molecule has 128 valence electrons. The minimum atomic E-state index is -2.81. The first kappa shape index (κ1) is 17.6. The molecule has 2 aliphatic rings. The van der Waals surface area contributed by atoms with E-state index in [9.17, 15) is 8.42 Å². The van der Waals surface area contributed by atoms with Gasteiger partial charge in [-0.15, -0.1) is 0 Å². The van der Waals surface area contributed by atoms with Gasteiger partial charge in [-0.2, -0.15) is 0 Å². The zero-order valence-corrected chi connectivity index (χ0v) is 15.2. The molecule has 2 atom stereocenters. The van der Waals surface area contributed by atoms with Crippen molar-refractivity contribution in [2.45, 2.75) is 53.0 Å².